The number of nitrogens with two attached hydrogens (primary N) is 1. The molecule has 3 atom stereocenters. The Morgan fingerprint density at radius 3 is 3.00 bits per heavy atom. The van der Waals surface area contributed by atoms with Crippen molar-refractivity contribution in [1.29, 1.82) is 0 Å². The molecule has 0 radical (unpaired) electrons. The van der Waals surface area contributed by atoms with Crippen LogP contribution in [0.3, 0.4) is 0 Å². The average Bonchev–Trinajstić information content (AvgIpc) is 2.53. The Morgan fingerprint density at radius 2 is 2.44 bits per heavy atom. The lowest BCUT2D eigenvalue weighted by molar-refractivity contribution is -0.184. The molecule has 0 amide bonds. The molecule has 0 aromatic rings. The van der Waals surface area contributed by atoms with Gasteiger partial charge < -0.3 is 10.5 Å². The number of ether oxygens (including phenoxy) is 1. The van der Waals surface area contributed by atoms with E-state index in [1.165, 1.54) is 19.8 Å². The molecular formula is C13H21NO2. The third-order valence-electron chi connectivity index (χ3n) is 4.07. The maximum atomic E-state index is 11.1. The molecule has 2 rings (SSSR count). The van der Waals surface area contributed by atoms with E-state index in [-0.39, 0.29) is 11.6 Å². The molecule has 90 valence electrons. The number of allylic oxidation sites excluding steroid dienone is 2. The molecule has 0 aliphatic heterocycles. The smallest absolute Gasteiger partial charge is 0.303 e. The summed E-state index contributed by atoms with van der Waals surface area (Å²) in [7, 11) is 0. The molecule has 0 heterocycles. The van der Waals surface area contributed by atoms with Gasteiger partial charge in [-0.2, -0.15) is 0 Å². The van der Waals surface area contributed by atoms with Crippen molar-refractivity contribution in [3.8, 4) is 0 Å². The van der Waals surface area contributed by atoms with Crippen LogP contribution in [0.2, 0.25) is 0 Å². The van der Waals surface area contributed by atoms with Crippen LogP contribution in [0.5, 0.6) is 0 Å². The molecular weight excluding hydrogens is 202 g/mol. The third kappa shape index (κ3) is 1.67. The highest BCUT2D eigenvalue weighted by atomic mass is 16.6. The van der Waals surface area contributed by atoms with Gasteiger partial charge in [0.2, 0.25) is 0 Å². The maximum absolute atomic E-state index is 11.1. The summed E-state index contributed by atoms with van der Waals surface area (Å²) in [6.07, 6.45) is 6.67. The second kappa shape index (κ2) is 4.21. The van der Waals surface area contributed by atoms with E-state index in [9.17, 15) is 4.79 Å². The van der Waals surface area contributed by atoms with E-state index >= 15 is 0 Å². The molecule has 0 aromatic heterocycles. The summed E-state index contributed by atoms with van der Waals surface area (Å²) in [4.78, 5) is 11.1. The summed E-state index contributed by atoms with van der Waals surface area (Å²) in [5.74, 6) is 0.874. The number of fused-ring (bicyclic) bond motifs is 1. The molecule has 16 heavy (non-hydrogen) atoms. The van der Waals surface area contributed by atoms with Crippen molar-refractivity contribution in [3.63, 3.8) is 0 Å². The lowest BCUT2D eigenvalue weighted by Gasteiger charge is -2.51. The zero-order valence-electron chi connectivity index (χ0n) is 10.2. The minimum absolute atomic E-state index is 0.201. The summed E-state index contributed by atoms with van der Waals surface area (Å²) in [6, 6.07) is 0. The van der Waals surface area contributed by atoms with E-state index in [1.807, 2.05) is 0 Å². The molecule has 0 bridgehead atoms. The molecule has 3 nitrogen and oxygen atoms in total. The Labute approximate surface area is 97.0 Å². The van der Waals surface area contributed by atoms with Crippen molar-refractivity contribution in [2.45, 2.75) is 45.1 Å². The van der Waals surface area contributed by atoms with Crippen LogP contribution in [-0.4, -0.2) is 18.1 Å². The van der Waals surface area contributed by atoms with Crippen molar-refractivity contribution in [2.24, 2.45) is 17.6 Å². The molecule has 3 heteroatoms. The van der Waals surface area contributed by atoms with E-state index in [0.717, 1.165) is 12.8 Å². The lowest BCUT2D eigenvalue weighted by atomic mass is 9.60. The summed E-state index contributed by atoms with van der Waals surface area (Å²) >= 11 is 0. The molecule has 0 aromatic carbocycles. The van der Waals surface area contributed by atoms with Gasteiger partial charge in [0.1, 0.15) is 5.60 Å². The zero-order chi connectivity index (χ0) is 11.8. The largest absolute Gasteiger partial charge is 0.458 e. The predicted octanol–water partition coefficient (Wildman–Crippen LogP) is 2.01. The van der Waals surface area contributed by atoms with E-state index < -0.39 is 0 Å². The fourth-order valence-electron chi connectivity index (χ4n) is 3.33. The van der Waals surface area contributed by atoms with Gasteiger partial charge in [-0.25, -0.2) is 0 Å². The van der Waals surface area contributed by atoms with Gasteiger partial charge in [-0.15, -0.1) is 0 Å². The number of rotatable bonds is 4. The topological polar surface area (TPSA) is 52.3 Å². The fourth-order valence-corrected chi connectivity index (χ4v) is 3.33. The van der Waals surface area contributed by atoms with Gasteiger partial charge in [0.05, 0.1) is 0 Å². The Hall–Kier alpha value is -0.830. The van der Waals surface area contributed by atoms with Crippen LogP contribution < -0.4 is 5.73 Å². The SMILES string of the molecule is CCCC1=CC[C@@H]2[C@H]1C[C@]2(CN)OC(C)=O. The minimum atomic E-state index is -0.359. The minimum Gasteiger partial charge on any atom is -0.458 e. The first-order chi connectivity index (χ1) is 7.63. The molecule has 0 saturated heterocycles. The Morgan fingerprint density at radius 1 is 1.69 bits per heavy atom. The van der Waals surface area contributed by atoms with E-state index in [1.54, 1.807) is 5.57 Å². The standard InChI is InChI=1S/C13H21NO2/c1-3-4-10-5-6-12-11(10)7-13(12,8-14)16-9(2)15/h5,11-12H,3-4,6-8,14H2,1-2H3/t11-,12+,13+/m0/s1. The van der Waals surface area contributed by atoms with Crippen LogP contribution in [0, 0.1) is 11.8 Å². The highest BCUT2D eigenvalue weighted by molar-refractivity contribution is 5.67. The van der Waals surface area contributed by atoms with Crippen molar-refractivity contribution in [2.75, 3.05) is 6.54 Å². The molecule has 2 N–H and O–H groups in total. The van der Waals surface area contributed by atoms with Crippen LogP contribution in [0.15, 0.2) is 11.6 Å². The van der Waals surface area contributed by atoms with Crippen LogP contribution in [0.1, 0.15) is 39.5 Å². The van der Waals surface area contributed by atoms with E-state index in [4.69, 9.17) is 10.5 Å². The van der Waals surface area contributed by atoms with Crippen LogP contribution >= 0.6 is 0 Å². The van der Waals surface area contributed by atoms with Gasteiger partial charge in [-0.1, -0.05) is 25.0 Å². The van der Waals surface area contributed by atoms with E-state index in [0.29, 0.717) is 18.4 Å². The zero-order valence-corrected chi connectivity index (χ0v) is 10.2. The monoisotopic (exact) mass is 223 g/mol. The average molecular weight is 223 g/mol. The molecule has 1 fully saturated rings. The van der Waals surface area contributed by atoms with E-state index in [2.05, 4.69) is 13.0 Å². The fraction of sp³-hybridized carbons (Fsp3) is 0.769. The number of hydrogen-bond acceptors (Lipinski definition) is 3. The first kappa shape index (κ1) is 11.6. The number of hydrogen-bond donors (Lipinski definition) is 1. The van der Waals surface area contributed by atoms with Gasteiger partial charge in [0.15, 0.2) is 0 Å². The molecule has 0 spiro atoms. The summed E-state index contributed by atoms with van der Waals surface area (Å²) in [5.41, 5.74) is 6.99. The predicted molar refractivity (Wildman–Crippen MR) is 62.8 cm³/mol. The first-order valence-electron chi connectivity index (χ1n) is 6.21. The number of carbonyl (C=O) groups excluding carboxylic acids is 1. The van der Waals surface area contributed by atoms with Crippen LogP contribution in [0.4, 0.5) is 0 Å². The van der Waals surface area contributed by atoms with Gasteiger partial charge in [-0.3, -0.25) is 4.79 Å². The highest BCUT2D eigenvalue weighted by Gasteiger charge is 2.57. The normalized spacial score (nSPS) is 36.3. The van der Waals surface area contributed by atoms with Gasteiger partial charge in [0.25, 0.3) is 0 Å². The molecule has 2 aliphatic carbocycles. The number of esters is 1. The van der Waals surface area contributed by atoms with Gasteiger partial charge in [-0.05, 0) is 25.2 Å². The Balaban J connectivity index is 2.02. The van der Waals surface area contributed by atoms with Crippen molar-refractivity contribution in [3.05, 3.63) is 11.6 Å². The summed E-state index contributed by atoms with van der Waals surface area (Å²) < 4.78 is 5.47. The van der Waals surface area contributed by atoms with Crippen LogP contribution in [0.25, 0.3) is 0 Å². The van der Waals surface area contributed by atoms with Gasteiger partial charge >= 0.3 is 5.97 Å². The number of carbonyl (C=O) groups is 1. The quantitative estimate of drug-likeness (QED) is 0.586. The molecule has 0 unspecified atom stereocenters. The first-order valence-corrected chi connectivity index (χ1v) is 6.21. The summed E-state index contributed by atoms with van der Waals surface area (Å²) in [6.45, 7) is 4.14. The summed E-state index contributed by atoms with van der Waals surface area (Å²) in [5, 5.41) is 0. The third-order valence-corrected chi connectivity index (χ3v) is 4.07. The second-order valence-electron chi connectivity index (χ2n) is 5.04. The highest BCUT2D eigenvalue weighted by Crippen LogP contribution is 2.56. The van der Waals surface area contributed by atoms with Crippen molar-refractivity contribution in [1.82, 2.24) is 0 Å². The second-order valence-corrected chi connectivity index (χ2v) is 5.04. The molecule has 2 aliphatic rings. The Bertz CT molecular complexity index is 324. The molecule has 1 saturated carbocycles. The van der Waals surface area contributed by atoms with Crippen molar-refractivity contribution < 1.29 is 9.53 Å². The van der Waals surface area contributed by atoms with Crippen molar-refractivity contribution >= 4 is 5.97 Å². The van der Waals surface area contributed by atoms with Gasteiger partial charge in [0, 0.05) is 19.4 Å². The lowest BCUT2D eigenvalue weighted by Crippen LogP contribution is -2.59. The Kier molecular flexibility index (Phi) is 3.06. The maximum Gasteiger partial charge on any atom is 0.303 e. The van der Waals surface area contributed by atoms with Crippen LogP contribution in [-0.2, 0) is 9.53 Å².